The summed E-state index contributed by atoms with van der Waals surface area (Å²) >= 11 is 0.230. The van der Waals surface area contributed by atoms with E-state index in [0.717, 1.165) is 38.5 Å². The van der Waals surface area contributed by atoms with E-state index in [1.54, 1.807) is 0 Å². The zero-order valence-corrected chi connectivity index (χ0v) is 13.5. The van der Waals surface area contributed by atoms with Gasteiger partial charge in [-0.1, -0.05) is 39.5 Å². The van der Waals surface area contributed by atoms with E-state index in [1.807, 2.05) is 0 Å². The van der Waals surface area contributed by atoms with Crippen molar-refractivity contribution in [2.24, 2.45) is 5.92 Å². The van der Waals surface area contributed by atoms with Crippen LogP contribution in [0.15, 0.2) is 0 Å². The Bertz CT molecular complexity index is 130. The third-order valence-corrected chi connectivity index (χ3v) is 2.16. The molecule has 0 saturated carbocycles. The van der Waals surface area contributed by atoms with E-state index in [0.29, 0.717) is 0 Å². The van der Waals surface area contributed by atoms with Crippen molar-refractivity contribution in [1.29, 1.82) is 0 Å². The molecule has 90 valence electrons. The molecule has 0 amide bonds. The molecule has 0 atom stereocenters. The molecule has 0 aromatic heterocycles. The molecule has 0 aliphatic rings. The number of hydrogen-bond donors (Lipinski definition) is 1. The number of carboxylic acids is 1. The van der Waals surface area contributed by atoms with Gasteiger partial charge in [0.15, 0.2) is 0 Å². The first-order valence-corrected chi connectivity index (χ1v) is 11.7. The number of rotatable bonds is 7. The van der Waals surface area contributed by atoms with Crippen LogP contribution in [0.5, 0.6) is 0 Å². The van der Waals surface area contributed by atoms with Crippen molar-refractivity contribution in [3.05, 3.63) is 0 Å². The fourth-order valence-corrected chi connectivity index (χ4v) is 1.29. The molecule has 0 aromatic rings. The summed E-state index contributed by atoms with van der Waals surface area (Å²) in [5.74, 6) is -0.707. The molecule has 0 fully saturated rings. The van der Waals surface area contributed by atoms with Gasteiger partial charge in [-0.3, -0.25) is 4.79 Å². The molecule has 0 aromatic carbocycles. The van der Waals surface area contributed by atoms with E-state index in [-0.39, 0.29) is 27.1 Å². The molecule has 0 aliphatic heterocycles. The summed E-state index contributed by atoms with van der Waals surface area (Å²) in [6.45, 7) is 4.19. The Balaban J connectivity index is 0. The summed E-state index contributed by atoms with van der Waals surface area (Å²) < 4.78 is 0. The Labute approximate surface area is 105 Å². The van der Waals surface area contributed by atoms with Gasteiger partial charge in [-0.15, -0.1) is 0 Å². The summed E-state index contributed by atoms with van der Waals surface area (Å²) in [5, 5.41) is 8.83. The van der Waals surface area contributed by atoms with Crippen molar-refractivity contribution in [1.82, 2.24) is 0 Å². The molecule has 15 heavy (non-hydrogen) atoms. The van der Waals surface area contributed by atoms with Gasteiger partial charge in [0, 0.05) is 0 Å². The molecule has 0 bridgehead atoms. The Kier molecular flexibility index (Phi) is 16.8. The zero-order valence-electron chi connectivity index (χ0n) is 10.7. The molecule has 0 saturated heterocycles. The summed E-state index contributed by atoms with van der Waals surface area (Å²) in [6.07, 6.45) is 5.98. The van der Waals surface area contributed by atoms with Crippen LogP contribution in [0, 0.1) is 5.92 Å². The van der Waals surface area contributed by atoms with Gasteiger partial charge < -0.3 is 5.11 Å². The van der Waals surface area contributed by atoms with Gasteiger partial charge in [0.1, 0.15) is 0 Å². The summed E-state index contributed by atoms with van der Waals surface area (Å²) in [5.41, 5.74) is 0. The topological polar surface area (TPSA) is 37.3 Å². The fourth-order valence-electron chi connectivity index (χ4n) is 1.29. The maximum absolute atomic E-state index is 10.7. The van der Waals surface area contributed by atoms with Gasteiger partial charge in [0.25, 0.3) is 0 Å². The molecule has 2 nitrogen and oxygen atoms in total. The van der Waals surface area contributed by atoms with Crippen molar-refractivity contribution >= 4 is 27.1 Å². The summed E-state index contributed by atoms with van der Waals surface area (Å²) in [6, 6.07) is 0. The third-order valence-electron chi connectivity index (χ3n) is 2.16. The predicted molar refractivity (Wildman–Crippen MR) is 67.7 cm³/mol. The molecule has 1 N–H and O–H groups in total. The Morgan fingerprint density at radius 2 is 1.47 bits per heavy atom. The molecule has 0 spiro atoms. The molecule has 0 unspecified atom stereocenters. The van der Waals surface area contributed by atoms with Crippen LogP contribution in [-0.2, 0) is 4.79 Å². The van der Waals surface area contributed by atoms with Crippen LogP contribution in [0.25, 0.3) is 0 Å². The zero-order chi connectivity index (χ0) is 12.1. The van der Waals surface area contributed by atoms with E-state index in [4.69, 9.17) is 5.11 Å². The summed E-state index contributed by atoms with van der Waals surface area (Å²) in [7, 11) is 0. The maximum atomic E-state index is 10.7. The van der Waals surface area contributed by atoms with Crippen LogP contribution in [0.3, 0.4) is 0 Å². The molecule has 0 aliphatic carbocycles. The van der Waals surface area contributed by atoms with Crippen molar-refractivity contribution in [2.45, 2.75) is 62.3 Å². The van der Waals surface area contributed by atoms with E-state index in [1.165, 1.54) is 0 Å². The second kappa shape index (κ2) is 14.3. The molecule has 3 heteroatoms. The molecular weight excluding hydrogens is 295 g/mol. The third kappa shape index (κ3) is 14.3. The van der Waals surface area contributed by atoms with Crippen LogP contribution in [0.4, 0.5) is 0 Å². The van der Waals surface area contributed by atoms with Crippen molar-refractivity contribution in [3.63, 3.8) is 0 Å². The van der Waals surface area contributed by atoms with E-state index in [9.17, 15) is 4.79 Å². The van der Waals surface area contributed by atoms with Crippen LogP contribution < -0.4 is 0 Å². The molecule has 2 radical (unpaired) electrons. The van der Waals surface area contributed by atoms with E-state index in [2.05, 4.69) is 23.7 Å². The van der Waals surface area contributed by atoms with Crippen molar-refractivity contribution in [3.8, 4) is 0 Å². The second-order valence-electron chi connectivity index (χ2n) is 3.82. The molecule has 0 heterocycles. The van der Waals surface area contributed by atoms with Gasteiger partial charge in [-0.25, -0.2) is 0 Å². The first-order valence-electron chi connectivity index (χ1n) is 5.95. The Morgan fingerprint density at radius 3 is 1.67 bits per heavy atom. The number of aliphatic carboxylic acids is 1. The van der Waals surface area contributed by atoms with Crippen LogP contribution >= 0.6 is 0 Å². The van der Waals surface area contributed by atoms with E-state index < -0.39 is 5.97 Å². The number of unbranched alkanes of at least 4 members (excludes halogenated alkanes) is 2. The average molecular weight is 321 g/mol. The number of carboxylic acid groups (broad SMARTS) is 1. The minimum atomic E-state index is -0.614. The van der Waals surface area contributed by atoms with Gasteiger partial charge >= 0.3 is 37.0 Å². The second-order valence-corrected chi connectivity index (χ2v) is 6.67. The normalized spacial score (nSPS) is 9.67. The monoisotopic (exact) mass is 322 g/mol. The fraction of sp³-hybridized carbons (Fsp3) is 0.917. The quantitative estimate of drug-likeness (QED) is 0.723. The van der Waals surface area contributed by atoms with E-state index >= 15 is 0 Å². The SMILES string of the molecule is CCCCC(CCCC)C(=O)O.[CH3][Sn][CH3]. The van der Waals surface area contributed by atoms with Crippen LogP contribution in [0.1, 0.15) is 52.4 Å². The van der Waals surface area contributed by atoms with Gasteiger partial charge in [-0.05, 0) is 12.8 Å². The molecular formula is C12H26O2Sn. The van der Waals surface area contributed by atoms with Crippen LogP contribution in [0.2, 0.25) is 9.88 Å². The van der Waals surface area contributed by atoms with Crippen molar-refractivity contribution < 1.29 is 9.90 Å². The first kappa shape index (κ1) is 17.7. The first-order chi connectivity index (χ1) is 7.13. The summed E-state index contributed by atoms with van der Waals surface area (Å²) in [4.78, 5) is 15.3. The van der Waals surface area contributed by atoms with Crippen molar-refractivity contribution in [2.75, 3.05) is 0 Å². The predicted octanol–water partition coefficient (Wildman–Crippen LogP) is 3.85. The van der Waals surface area contributed by atoms with Crippen LogP contribution in [-0.4, -0.2) is 32.2 Å². The Morgan fingerprint density at radius 1 is 1.13 bits per heavy atom. The van der Waals surface area contributed by atoms with Gasteiger partial charge in [0.2, 0.25) is 0 Å². The number of carbonyl (C=O) groups is 1. The van der Waals surface area contributed by atoms with Gasteiger partial charge in [0.05, 0.1) is 5.92 Å². The molecule has 0 rings (SSSR count). The standard InChI is InChI=1S/C10H20O2.2CH3.Sn/c1-3-5-7-9(10(11)12)8-6-4-2;;;/h9H,3-8H2,1-2H3,(H,11,12);2*1H3;. The minimum absolute atomic E-state index is 0.0927. The number of hydrogen-bond acceptors (Lipinski definition) is 1. The average Bonchev–Trinajstić information content (AvgIpc) is 2.19. The Hall–Kier alpha value is 0.269. The van der Waals surface area contributed by atoms with Gasteiger partial charge in [-0.2, -0.15) is 0 Å².